The summed E-state index contributed by atoms with van der Waals surface area (Å²) in [6.07, 6.45) is 6.08. The Labute approximate surface area is 137 Å². The van der Waals surface area contributed by atoms with Crippen molar-refractivity contribution in [1.82, 2.24) is 5.32 Å². The summed E-state index contributed by atoms with van der Waals surface area (Å²) in [5, 5.41) is 24.0. The van der Waals surface area contributed by atoms with E-state index in [2.05, 4.69) is 5.32 Å². The molecule has 0 heterocycles. The third-order valence-electron chi connectivity index (χ3n) is 5.50. The van der Waals surface area contributed by atoms with Crippen molar-refractivity contribution in [2.45, 2.75) is 63.1 Å². The van der Waals surface area contributed by atoms with Gasteiger partial charge in [-0.1, -0.05) is 49.6 Å². The normalized spacial score (nSPS) is 23.0. The van der Waals surface area contributed by atoms with Crippen LogP contribution in [0.25, 0.3) is 0 Å². The minimum absolute atomic E-state index is 0.0964. The molecular formula is C19H27NO3. The maximum Gasteiger partial charge on any atom is 0.222 e. The molecule has 0 aliphatic heterocycles. The van der Waals surface area contributed by atoms with Crippen LogP contribution >= 0.6 is 0 Å². The topological polar surface area (TPSA) is 69.6 Å². The number of benzene rings is 1. The second kappa shape index (κ2) is 6.62. The van der Waals surface area contributed by atoms with Crippen LogP contribution in [0.3, 0.4) is 0 Å². The minimum Gasteiger partial charge on any atom is -0.389 e. The van der Waals surface area contributed by atoms with E-state index in [4.69, 9.17) is 0 Å². The van der Waals surface area contributed by atoms with Gasteiger partial charge in [-0.05, 0) is 31.2 Å². The van der Waals surface area contributed by atoms with Crippen molar-refractivity contribution in [2.24, 2.45) is 5.41 Å². The van der Waals surface area contributed by atoms with Gasteiger partial charge in [-0.15, -0.1) is 0 Å². The first-order valence-electron chi connectivity index (χ1n) is 8.75. The van der Waals surface area contributed by atoms with E-state index in [9.17, 15) is 15.0 Å². The lowest BCUT2D eigenvalue weighted by atomic mass is 9.82. The number of hydrogen-bond acceptors (Lipinski definition) is 3. The highest BCUT2D eigenvalue weighted by Crippen LogP contribution is 2.54. The molecule has 2 aliphatic carbocycles. The summed E-state index contributed by atoms with van der Waals surface area (Å²) in [5.74, 6) is -0.0964. The van der Waals surface area contributed by atoms with Gasteiger partial charge in [-0.2, -0.15) is 0 Å². The van der Waals surface area contributed by atoms with Crippen LogP contribution in [-0.4, -0.2) is 28.3 Å². The predicted octanol–water partition coefficient (Wildman–Crippen LogP) is 2.70. The maximum atomic E-state index is 12.2. The molecule has 1 aromatic carbocycles. The van der Waals surface area contributed by atoms with Gasteiger partial charge in [-0.25, -0.2) is 0 Å². The van der Waals surface area contributed by atoms with Gasteiger partial charge in [-0.3, -0.25) is 4.79 Å². The molecule has 2 saturated carbocycles. The molecule has 0 saturated heterocycles. The molecule has 2 fully saturated rings. The number of carbonyl (C=O) groups excluding carboxylic acids is 1. The molecule has 1 aromatic rings. The minimum atomic E-state index is -0.822. The summed E-state index contributed by atoms with van der Waals surface area (Å²) >= 11 is 0. The third-order valence-corrected chi connectivity index (χ3v) is 5.50. The number of carbonyl (C=O) groups is 1. The molecule has 1 atom stereocenters. The Bertz CT molecular complexity index is 533. The molecule has 0 bridgehead atoms. The van der Waals surface area contributed by atoms with Crippen molar-refractivity contribution in [1.29, 1.82) is 0 Å². The van der Waals surface area contributed by atoms with Gasteiger partial charge in [0.05, 0.1) is 18.1 Å². The summed E-state index contributed by atoms with van der Waals surface area (Å²) in [6, 6.07) is 9.63. The van der Waals surface area contributed by atoms with Gasteiger partial charge in [0.25, 0.3) is 0 Å². The molecule has 2 aliphatic rings. The van der Waals surface area contributed by atoms with E-state index in [1.54, 1.807) is 0 Å². The first-order chi connectivity index (χ1) is 11.0. The summed E-state index contributed by atoms with van der Waals surface area (Å²) in [4.78, 5) is 12.2. The SMILES string of the molecule is O=C(CC1(O)CCCCC1)NCC1([C@H](O)c2ccccc2)CC1. The Morgan fingerprint density at radius 1 is 1.09 bits per heavy atom. The average molecular weight is 317 g/mol. The second-order valence-electron chi connectivity index (χ2n) is 7.41. The standard InChI is InChI=1S/C19H27NO3/c21-16(13-19(23)9-5-2-6-10-19)20-14-18(11-12-18)17(22)15-7-3-1-4-8-15/h1,3-4,7-8,17,22-23H,2,5-6,9-14H2,(H,20,21)/t17-/m1/s1. The number of amides is 1. The monoisotopic (exact) mass is 317 g/mol. The van der Waals surface area contributed by atoms with E-state index in [1.165, 1.54) is 0 Å². The zero-order valence-electron chi connectivity index (χ0n) is 13.6. The van der Waals surface area contributed by atoms with E-state index in [0.29, 0.717) is 6.54 Å². The van der Waals surface area contributed by atoms with Crippen LogP contribution in [0, 0.1) is 5.41 Å². The van der Waals surface area contributed by atoms with E-state index in [1.807, 2.05) is 30.3 Å². The van der Waals surface area contributed by atoms with Crippen LogP contribution in [-0.2, 0) is 4.79 Å². The van der Waals surface area contributed by atoms with E-state index < -0.39 is 11.7 Å². The number of rotatable bonds is 6. The lowest BCUT2D eigenvalue weighted by Crippen LogP contribution is -2.40. The van der Waals surface area contributed by atoms with Crippen molar-refractivity contribution >= 4 is 5.91 Å². The zero-order chi connectivity index (χ0) is 16.3. The van der Waals surface area contributed by atoms with Crippen molar-refractivity contribution in [3.63, 3.8) is 0 Å². The first kappa shape index (κ1) is 16.5. The fourth-order valence-electron chi connectivity index (χ4n) is 3.72. The number of nitrogens with one attached hydrogen (secondary N) is 1. The molecule has 3 rings (SSSR count). The van der Waals surface area contributed by atoms with Crippen LogP contribution in [0.4, 0.5) is 0 Å². The van der Waals surface area contributed by atoms with Crippen molar-refractivity contribution in [3.05, 3.63) is 35.9 Å². The van der Waals surface area contributed by atoms with Crippen LogP contribution in [0.15, 0.2) is 30.3 Å². The Morgan fingerprint density at radius 2 is 1.74 bits per heavy atom. The summed E-state index contributed by atoms with van der Waals surface area (Å²) in [6.45, 7) is 0.484. The molecular weight excluding hydrogens is 290 g/mol. The molecule has 0 unspecified atom stereocenters. The average Bonchev–Trinajstić information content (AvgIpc) is 3.35. The molecule has 23 heavy (non-hydrogen) atoms. The molecule has 4 nitrogen and oxygen atoms in total. The number of aliphatic hydroxyl groups is 2. The molecule has 1 amide bonds. The quantitative estimate of drug-likeness (QED) is 0.755. The summed E-state index contributed by atoms with van der Waals surface area (Å²) < 4.78 is 0. The van der Waals surface area contributed by atoms with E-state index >= 15 is 0 Å². The van der Waals surface area contributed by atoms with Gasteiger partial charge < -0.3 is 15.5 Å². The highest BCUT2D eigenvalue weighted by molar-refractivity contribution is 5.77. The van der Waals surface area contributed by atoms with Gasteiger partial charge in [0.15, 0.2) is 0 Å². The van der Waals surface area contributed by atoms with Crippen molar-refractivity contribution < 1.29 is 15.0 Å². The molecule has 0 aromatic heterocycles. The molecule has 126 valence electrons. The lowest BCUT2D eigenvalue weighted by Gasteiger charge is -2.31. The Kier molecular flexibility index (Phi) is 4.74. The van der Waals surface area contributed by atoms with Gasteiger partial charge in [0, 0.05) is 12.0 Å². The van der Waals surface area contributed by atoms with Crippen LogP contribution < -0.4 is 5.32 Å². The fraction of sp³-hybridized carbons (Fsp3) is 0.632. The van der Waals surface area contributed by atoms with Gasteiger partial charge >= 0.3 is 0 Å². The van der Waals surface area contributed by atoms with Crippen LogP contribution in [0.5, 0.6) is 0 Å². The van der Waals surface area contributed by atoms with Crippen molar-refractivity contribution in [2.75, 3.05) is 6.54 Å². The molecule has 0 spiro atoms. The van der Waals surface area contributed by atoms with Crippen molar-refractivity contribution in [3.8, 4) is 0 Å². The predicted molar refractivity (Wildman–Crippen MR) is 88.7 cm³/mol. The van der Waals surface area contributed by atoms with Gasteiger partial charge in [0.1, 0.15) is 0 Å². The number of hydrogen-bond donors (Lipinski definition) is 3. The van der Waals surface area contributed by atoms with Crippen LogP contribution in [0.2, 0.25) is 0 Å². The largest absolute Gasteiger partial charge is 0.389 e. The van der Waals surface area contributed by atoms with Gasteiger partial charge in [0.2, 0.25) is 5.91 Å². The lowest BCUT2D eigenvalue weighted by molar-refractivity contribution is -0.127. The zero-order valence-corrected chi connectivity index (χ0v) is 13.6. The fourth-order valence-corrected chi connectivity index (χ4v) is 3.72. The molecule has 4 heteroatoms. The highest BCUT2D eigenvalue weighted by Gasteiger charge is 2.49. The molecule has 3 N–H and O–H groups in total. The second-order valence-corrected chi connectivity index (χ2v) is 7.41. The van der Waals surface area contributed by atoms with Crippen LogP contribution in [0.1, 0.15) is 63.0 Å². The highest BCUT2D eigenvalue weighted by atomic mass is 16.3. The third kappa shape index (κ3) is 3.93. The number of aliphatic hydroxyl groups excluding tert-OH is 1. The van der Waals surface area contributed by atoms with E-state index in [0.717, 1.165) is 50.5 Å². The Hall–Kier alpha value is -1.39. The Morgan fingerprint density at radius 3 is 2.35 bits per heavy atom. The first-order valence-corrected chi connectivity index (χ1v) is 8.75. The Balaban J connectivity index is 1.52. The smallest absolute Gasteiger partial charge is 0.222 e. The summed E-state index contributed by atoms with van der Waals surface area (Å²) in [5.41, 5.74) is -0.145. The molecule has 0 radical (unpaired) electrons. The summed E-state index contributed by atoms with van der Waals surface area (Å²) in [7, 11) is 0. The van der Waals surface area contributed by atoms with E-state index in [-0.39, 0.29) is 17.7 Å². The maximum absolute atomic E-state index is 12.2.